The summed E-state index contributed by atoms with van der Waals surface area (Å²) in [6, 6.07) is 3.59. The molecule has 3 rings (SSSR count). The number of nitrogens with zero attached hydrogens (tertiary/aromatic N) is 3. The number of rotatable bonds is 5. The molecule has 1 aliphatic rings. The minimum atomic E-state index is -0.0555. The average Bonchev–Trinajstić information content (AvgIpc) is 3.20. The number of hydrogen-bond acceptors (Lipinski definition) is 6. The lowest BCUT2D eigenvalue weighted by Gasteiger charge is -2.09. The van der Waals surface area contributed by atoms with Gasteiger partial charge in [0.25, 0.3) is 0 Å². The molecule has 0 bridgehead atoms. The van der Waals surface area contributed by atoms with Crippen LogP contribution in [0.15, 0.2) is 29.0 Å². The number of nitrogens with one attached hydrogen (secondary N) is 2. The van der Waals surface area contributed by atoms with E-state index in [0.29, 0.717) is 24.7 Å². The predicted octanol–water partition coefficient (Wildman–Crippen LogP) is 0.542. The molecule has 0 saturated carbocycles. The highest BCUT2D eigenvalue weighted by molar-refractivity contribution is 5.81. The van der Waals surface area contributed by atoms with Crippen LogP contribution >= 0.6 is 0 Å². The Hall–Kier alpha value is -2.28. The second kappa shape index (κ2) is 6.45. The molecule has 3 heterocycles. The van der Waals surface area contributed by atoms with E-state index in [1.165, 1.54) is 0 Å². The number of amides is 1. The van der Waals surface area contributed by atoms with Gasteiger partial charge in [-0.05, 0) is 31.5 Å². The maximum Gasteiger partial charge on any atom is 0.237 e. The van der Waals surface area contributed by atoms with Crippen molar-refractivity contribution in [3.05, 3.63) is 30.4 Å². The van der Waals surface area contributed by atoms with Crippen molar-refractivity contribution in [2.75, 3.05) is 13.1 Å². The first-order chi connectivity index (χ1) is 10.3. The van der Waals surface area contributed by atoms with E-state index in [4.69, 9.17) is 4.52 Å². The number of carbonyl (C=O) groups excluding carboxylic acids is 1. The molecule has 2 aromatic heterocycles. The van der Waals surface area contributed by atoms with Crippen LogP contribution in [-0.2, 0) is 11.2 Å². The Morgan fingerprint density at radius 2 is 2.29 bits per heavy atom. The van der Waals surface area contributed by atoms with Crippen molar-refractivity contribution >= 4 is 5.91 Å². The second-order valence-electron chi connectivity index (χ2n) is 4.94. The zero-order valence-corrected chi connectivity index (χ0v) is 11.6. The van der Waals surface area contributed by atoms with Crippen molar-refractivity contribution < 1.29 is 9.32 Å². The molecule has 1 amide bonds. The van der Waals surface area contributed by atoms with Crippen LogP contribution in [0.5, 0.6) is 0 Å². The molecule has 7 nitrogen and oxygen atoms in total. The molecule has 1 unspecified atom stereocenters. The van der Waals surface area contributed by atoms with E-state index in [2.05, 4.69) is 25.8 Å². The van der Waals surface area contributed by atoms with E-state index in [1.807, 2.05) is 12.1 Å². The molecule has 21 heavy (non-hydrogen) atoms. The summed E-state index contributed by atoms with van der Waals surface area (Å²) in [5.74, 6) is 1.10. The first kappa shape index (κ1) is 13.7. The number of pyridine rings is 1. The van der Waals surface area contributed by atoms with Crippen LogP contribution in [0.2, 0.25) is 0 Å². The minimum absolute atomic E-state index is 0.0429. The summed E-state index contributed by atoms with van der Waals surface area (Å²) in [6.45, 7) is 1.41. The summed E-state index contributed by atoms with van der Waals surface area (Å²) in [4.78, 5) is 20.1. The van der Waals surface area contributed by atoms with E-state index in [1.54, 1.807) is 12.4 Å². The van der Waals surface area contributed by atoms with Gasteiger partial charge in [-0.2, -0.15) is 4.98 Å². The summed E-state index contributed by atoms with van der Waals surface area (Å²) < 4.78 is 5.18. The highest BCUT2D eigenvalue weighted by atomic mass is 16.5. The summed E-state index contributed by atoms with van der Waals surface area (Å²) in [6.07, 6.45) is 5.84. The number of carbonyl (C=O) groups is 1. The molecular formula is C14H17N5O2. The molecule has 1 atom stereocenters. The molecular weight excluding hydrogens is 270 g/mol. The standard InChI is InChI=1S/C14H17N5O2/c20-14(11-2-1-6-16-11)17-9-5-12-18-13(19-21-12)10-3-7-15-8-4-10/h3-4,7-8,11,16H,1-2,5-6,9H2,(H,17,20). The Kier molecular flexibility index (Phi) is 4.20. The Balaban J connectivity index is 1.50. The van der Waals surface area contributed by atoms with Crippen LogP contribution in [0.4, 0.5) is 0 Å². The fraction of sp³-hybridized carbons (Fsp3) is 0.429. The van der Waals surface area contributed by atoms with Crippen LogP contribution in [0.1, 0.15) is 18.7 Å². The third kappa shape index (κ3) is 3.43. The molecule has 7 heteroatoms. The quantitative estimate of drug-likeness (QED) is 0.834. The maximum absolute atomic E-state index is 11.8. The van der Waals surface area contributed by atoms with Crippen LogP contribution in [-0.4, -0.2) is 40.2 Å². The van der Waals surface area contributed by atoms with Crippen molar-refractivity contribution in [1.82, 2.24) is 25.8 Å². The van der Waals surface area contributed by atoms with Gasteiger partial charge in [0.2, 0.25) is 17.6 Å². The van der Waals surface area contributed by atoms with Gasteiger partial charge in [0.1, 0.15) is 0 Å². The van der Waals surface area contributed by atoms with Gasteiger partial charge in [0, 0.05) is 30.9 Å². The third-order valence-electron chi connectivity index (χ3n) is 3.42. The summed E-state index contributed by atoms with van der Waals surface area (Å²) >= 11 is 0. The van der Waals surface area contributed by atoms with Gasteiger partial charge >= 0.3 is 0 Å². The molecule has 110 valence electrons. The highest BCUT2D eigenvalue weighted by Crippen LogP contribution is 2.13. The monoisotopic (exact) mass is 287 g/mol. The predicted molar refractivity (Wildman–Crippen MR) is 75.3 cm³/mol. The Bertz CT molecular complexity index is 592. The van der Waals surface area contributed by atoms with Crippen LogP contribution in [0, 0.1) is 0 Å². The fourth-order valence-electron chi connectivity index (χ4n) is 2.30. The van der Waals surface area contributed by atoms with Gasteiger partial charge in [0.05, 0.1) is 6.04 Å². The van der Waals surface area contributed by atoms with Gasteiger partial charge in [-0.25, -0.2) is 0 Å². The second-order valence-corrected chi connectivity index (χ2v) is 4.94. The zero-order chi connectivity index (χ0) is 14.5. The lowest BCUT2D eigenvalue weighted by atomic mass is 10.2. The molecule has 0 radical (unpaired) electrons. The molecule has 1 aliphatic heterocycles. The summed E-state index contributed by atoms with van der Waals surface area (Å²) in [5, 5.41) is 9.97. The van der Waals surface area contributed by atoms with Gasteiger partial charge in [-0.15, -0.1) is 0 Å². The fourth-order valence-corrected chi connectivity index (χ4v) is 2.30. The average molecular weight is 287 g/mol. The Morgan fingerprint density at radius 1 is 1.43 bits per heavy atom. The van der Waals surface area contributed by atoms with Crippen LogP contribution < -0.4 is 10.6 Å². The van der Waals surface area contributed by atoms with Crippen molar-refractivity contribution in [3.8, 4) is 11.4 Å². The van der Waals surface area contributed by atoms with Crippen molar-refractivity contribution in [3.63, 3.8) is 0 Å². The van der Waals surface area contributed by atoms with Gasteiger partial charge in [0.15, 0.2) is 0 Å². The maximum atomic E-state index is 11.8. The molecule has 1 saturated heterocycles. The minimum Gasteiger partial charge on any atom is -0.354 e. The number of hydrogen-bond donors (Lipinski definition) is 2. The summed E-state index contributed by atoms with van der Waals surface area (Å²) in [7, 11) is 0. The topological polar surface area (TPSA) is 92.9 Å². The van der Waals surface area contributed by atoms with Gasteiger partial charge in [-0.1, -0.05) is 5.16 Å². The third-order valence-corrected chi connectivity index (χ3v) is 3.42. The van der Waals surface area contributed by atoms with Crippen LogP contribution in [0.3, 0.4) is 0 Å². The summed E-state index contributed by atoms with van der Waals surface area (Å²) in [5.41, 5.74) is 0.860. The van der Waals surface area contributed by atoms with E-state index in [9.17, 15) is 4.79 Å². The van der Waals surface area contributed by atoms with Crippen molar-refractivity contribution in [1.29, 1.82) is 0 Å². The first-order valence-electron chi connectivity index (χ1n) is 7.07. The SMILES string of the molecule is O=C(NCCc1nc(-c2ccncc2)no1)C1CCCN1. The molecule has 0 spiro atoms. The lowest BCUT2D eigenvalue weighted by molar-refractivity contribution is -0.122. The highest BCUT2D eigenvalue weighted by Gasteiger charge is 2.21. The van der Waals surface area contributed by atoms with Crippen LogP contribution in [0.25, 0.3) is 11.4 Å². The molecule has 1 fully saturated rings. The van der Waals surface area contributed by atoms with E-state index >= 15 is 0 Å². The first-order valence-corrected chi connectivity index (χ1v) is 7.07. The molecule has 2 N–H and O–H groups in total. The van der Waals surface area contributed by atoms with Crippen molar-refractivity contribution in [2.24, 2.45) is 0 Å². The Labute approximate surface area is 122 Å². The van der Waals surface area contributed by atoms with Crippen molar-refractivity contribution in [2.45, 2.75) is 25.3 Å². The zero-order valence-electron chi connectivity index (χ0n) is 11.6. The van der Waals surface area contributed by atoms with E-state index in [-0.39, 0.29) is 11.9 Å². The smallest absolute Gasteiger partial charge is 0.237 e. The van der Waals surface area contributed by atoms with Gasteiger partial charge in [-0.3, -0.25) is 9.78 Å². The Morgan fingerprint density at radius 3 is 3.05 bits per heavy atom. The lowest BCUT2D eigenvalue weighted by Crippen LogP contribution is -2.41. The molecule has 0 aliphatic carbocycles. The van der Waals surface area contributed by atoms with E-state index in [0.717, 1.165) is 24.9 Å². The number of aromatic nitrogens is 3. The van der Waals surface area contributed by atoms with Gasteiger partial charge < -0.3 is 15.2 Å². The van der Waals surface area contributed by atoms with E-state index < -0.39 is 0 Å². The largest absolute Gasteiger partial charge is 0.354 e. The molecule has 0 aromatic carbocycles. The normalized spacial score (nSPS) is 17.8. The molecule has 2 aromatic rings.